The number of nitrogens with zero attached hydrogens (tertiary/aromatic N) is 3. The van der Waals surface area contributed by atoms with Gasteiger partial charge in [-0.15, -0.1) is 11.3 Å². The highest BCUT2D eigenvalue weighted by molar-refractivity contribution is 7.96. The van der Waals surface area contributed by atoms with E-state index in [4.69, 9.17) is 0 Å². The summed E-state index contributed by atoms with van der Waals surface area (Å²) in [6.07, 6.45) is 3.64. The van der Waals surface area contributed by atoms with E-state index in [9.17, 15) is 14.9 Å². The van der Waals surface area contributed by atoms with Crippen molar-refractivity contribution in [3.05, 3.63) is 46.1 Å². The van der Waals surface area contributed by atoms with Gasteiger partial charge < -0.3 is 10.2 Å². The van der Waals surface area contributed by atoms with Gasteiger partial charge in [0.05, 0.1) is 17.7 Å². The van der Waals surface area contributed by atoms with E-state index in [-0.39, 0.29) is 11.1 Å². The predicted molar refractivity (Wildman–Crippen MR) is 89.7 cm³/mol. The summed E-state index contributed by atoms with van der Waals surface area (Å²) in [5.41, 5.74) is 1.81. The van der Waals surface area contributed by atoms with Gasteiger partial charge in [-0.2, -0.15) is 5.26 Å². The quantitative estimate of drug-likeness (QED) is 0.820. The summed E-state index contributed by atoms with van der Waals surface area (Å²) in [5, 5.41) is 12.4. The highest BCUT2D eigenvalue weighted by Crippen LogP contribution is 2.37. The van der Waals surface area contributed by atoms with Gasteiger partial charge in [-0.25, -0.2) is 0 Å². The number of thiol groups is 1. The lowest BCUT2D eigenvalue weighted by Crippen LogP contribution is -2.31. The minimum absolute atomic E-state index is 0.288. The van der Waals surface area contributed by atoms with Crippen LogP contribution in [0.25, 0.3) is 0 Å². The van der Waals surface area contributed by atoms with Crippen LogP contribution in [0.5, 0.6) is 0 Å². The maximum Gasteiger partial charge on any atom is 0.278 e. The van der Waals surface area contributed by atoms with Gasteiger partial charge in [0.15, 0.2) is 0 Å². The molecule has 2 aromatic heterocycles. The molecule has 0 spiro atoms. The summed E-state index contributed by atoms with van der Waals surface area (Å²) in [4.78, 5) is 30.1. The van der Waals surface area contributed by atoms with Crippen molar-refractivity contribution >= 4 is 40.1 Å². The normalized spacial score (nSPS) is 13.1. The summed E-state index contributed by atoms with van der Waals surface area (Å²) < 4.78 is 0. The lowest BCUT2D eigenvalue weighted by atomic mass is 10.0. The highest BCUT2D eigenvalue weighted by Gasteiger charge is 2.26. The Kier molecular flexibility index (Phi) is 4.32. The number of pyridine rings is 1. The smallest absolute Gasteiger partial charge is 0.278 e. The molecule has 0 bridgehead atoms. The highest BCUT2D eigenvalue weighted by atomic mass is 32.1. The van der Waals surface area contributed by atoms with E-state index < -0.39 is 0 Å². The number of fused-ring (bicyclic) bond motifs is 1. The van der Waals surface area contributed by atoms with Crippen molar-refractivity contribution in [3.63, 3.8) is 0 Å². The van der Waals surface area contributed by atoms with Crippen molar-refractivity contribution in [2.45, 2.75) is 13.0 Å². The van der Waals surface area contributed by atoms with Crippen molar-refractivity contribution < 1.29 is 9.59 Å². The molecular weight excluding hydrogens is 332 g/mol. The second-order valence-electron chi connectivity index (χ2n) is 4.97. The van der Waals surface area contributed by atoms with Gasteiger partial charge >= 0.3 is 0 Å². The van der Waals surface area contributed by atoms with Crippen molar-refractivity contribution in [2.75, 3.05) is 11.9 Å². The Bertz CT molecular complexity index is 811. The lowest BCUT2D eigenvalue weighted by Gasteiger charge is -2.24. The average Bonchev–Trinajstić information content (AvgIpc) is 2.91. The molecule has 0 radical (unpaired) electrons. The van der Waals surface area contributed by atoms with Crippen molar-refractivity contribution in [1.29, 1.82) is 5.26 Å². The van der Waals surface area contributed by atoms with Gasteiger partial charge in [-0.3, -0.25) is 14.6 Å². The molecule has 0 saturated carbocycles. The van der Waals surface area contributed by atoms with Crippen LogP contribution in [0.15, 0.2) is 24.5 Å². The Balaban J connectivity index is 1.88. The number of anilines is 1. The Labute approximate surface area is 142 Å². The minimum Gasteiger partial charge on any atom is -0.328 e. The number of carbonyl (C=O) groups is 2. The third-order valence-electron chi connectivity index (χ3n) is 3.59. The van der Waals surface area contributed by atoms with E-state index in [1.54, 1.807) is 23.2 Å². The monoisotopic (exact) mass is 344 g/mol. The Morgan fingerprint density at radius 3 is 2.96 bits per heavy atom. The Morgan fingerprint density at radius 2 is 2.30 bits per heavy atom. The third-order valence-corrected chi connectivity index (χ3v) is 5.01. The molecule has 3 rings (SSSR count). The molecule has 23 heavy (non-hydrogen) atoms. The molecule has 3 heterocycles. The number of rotatable bonds is 2. The first kappa shape index (κ1) is 15.5. The molecule has 8 heteroatoms. The van der Waals surface area contributed by atoms with Crippen LogP contribution < -0.4 is 5.32 Å². The number of amides is 2. The molecule has 0 saturated heterocycles. The van der Waals surface area contributed by atoms with Crippen LogP contribution in [0.2, 0.25) is 0 Å². The van der Waals surface area contributed by atoms with Crippen molar-refractivity contribution in [1.82, 2.24) is 9.88 Å². The van der Waals surface area contributed by atoms with Gasteiger partial charge in [0.2, 0.25) is 0 Å². The van der Waals surface area contributed by atoms with Crippen LogP contribution in [0, 0.1) is 11.3 Å². The topological polar surface area (TPSA) is 86.1 Å². The first-order valence-corrected chi connectivity index (χ1v) is 8.10. The summed E-state index contributed by atoms with van der Waals surface area (Å²) in [6.45, 7) is 0.941. The van der Waals surface area contributed by atoms with Gasteiger partial charge in [0, 0.05) is 23.8 Å². The van der Waals surface area contributed by atoms with E-state index >= 15 is 0 Å². The maximum atomic E-state index is 12.2. The number of hydrogen-bond acceptors (Lipinski definition) is 5. The van der Waals surface area contributed by atoms with Crippen LogP contribution in [0.1, 0.15) is 26.4 Å². The number of nitrogens with one attached hydrogen (secondary N) is 1. The zero-order valence-electron chi connectivity index (χ0n) is 11.9. The Morgan fingerprint density at radius 1 is 1.48 bits per heavy atom. The summed E-state index contributed by atoms with van der Waals surface area (Å²) in [5.74, 6) is -0.310. The standard InChI is InChI=1S/C15H12N4O2S2/c16-6-11-10-3-5-19(15(21)22)8-12(10)23-14(11)18-13(20)9-2-1-4-17-7-9/h1-2,4,7H,3,5,8H2,(H,18,20)(H,21,22). The van der Waals surface area contributed by atoms with Gasteiger partial charge in [0.1, 0.15) is 11.1 Å². The molecule has 1 N–H and O–H groups in total. The molecule has 1 aliphatic heterocycles. The fraction of sp³-hybridized carbons (Fsp3) is 0.200. The van der Waals surface area contributed by atoms with Crippen LogP contribution >= 0.6 is 24.0 Å². The zero-order chi connectivity index (χ0) is 16.4. The largest absolute Gasteiger partial charge is 0.328 e. The van der Waals surface area contributed by atoms with Crippen LogP contribution in [-0.4, -0.2) is 27.6 Å². The van der Waals surface area contributed by atoms with E-state index in [1.807, 2.05) is 0 Å². The third kappa shape index (κ3) is 3.06. The molecule has 0 aliphatic carbocycles. The molecule has 0 atom stereocenters. The number of aromatic nitrogens is 1. The van der Waals surface area contributed by atoms with E-state index in [0.717, 1.165) is 10.4 Å². The Hall–Kier alpha value is -2.37. The summed E-state index contributed by atoms with van der Waals surface area (Å²) in [7, 11) is 0. The maximum absolute atomic E-state index is 12.2. The fourth-order valence-electron chi connectivity index (χ4n) is 2.45. The molecule has 2 amide bonds. The van der Waals surface area contributed by atoms with Crippen LogP contribution in [-0.2, 0) is 13.0 Å². The molecule has 6 nitrogen and oxygen atoms in total. The second-order valence-corrected chi connectivity index (χ2v) is 6.46. The number of nitriles is 1. The van der Waals surface area contributed by atoms with E-state index in [0.29, 0.717) is 35.6 Å². The molecule has 0 unspecified atom stereocenters. The summed E-state index contributed by atoms with van der Waals surface area (Å²) in [6, 6.07) is 5.49. The van der Waals surface area contributed by atoms with E-state index in [2.05, 4.69) is 29.0 Å². The predicted octanol–water partition coefficient (Wildman–Crippen LogP) is 2.67. The van der Waals surface area contributed by atoms with Crippen molar-refractivity contribution in [3.8, 4) is 6.07 Å². The van der Waals surface area contributed by atoms with Crippen LogP contribution in [0.4, 0.5) is 9.80 Å². The van der Waals surface area contributed by atoms with Gasteiger partial charge in [-0.05, 0) is 24.1 Å². The second kappa shape index (κ2) is 6.40. The number of hydrogen-bond donors (Lipinski definition) is 2. The molecule has 2 aromatic rings. The molecule has 1 aliphatic rings. The number of thiophene rings is 1. The van der Waals surface area contributed by atoms with Gasteiger partial charge in [0.25, 0.3) is 11.1 Å². The molecule has 0 fully saturated rings. The fourth-order valence-corrected chi connectivity index (χ4v) is 3.82. The lowest BCUT2D eigenvalue weighted by molar-refractivity contribution is 0.102. The summed E-state index contributed by atoms with van der Waals surface area (Å²) >= 11 is 5.17. The molecule has 116 valence electrons. The van der Waals surface area contributed by atoms with Crippen molar-refractivity contribution in [2.24, 2.45) is 0 Å². The first-order chi connectivity index (χ1) is 11.1. The van der Waals surface area contributed by atoms with E-state index in [1.165, 1.54) is 17.5 Å². The first-order valence-electron chi connectivity index (χ1n) is 6.84. The number of carbonyl (C=O) groups excluding carboxylic acids is 2. The molecule has 0 aromatic carbocycles. The minimum atomic E-state index is -0.310. The molecular formula is C15H12N4O2S2. The zero-order valence-corrected chi connectivity index (χ0v) is 13.7. The average molecular weight is 344 g/mol. The SMILES string of the molecule is N#Cc1c(NC(=O)c2cccnc2)sc2c1CCN(C(=O)S)C2. The van der Waals surface area contributed by atoms with Gasteiger partial charge in [-0.1, -0.05) is 12.6 Å². The van der Waals surface area contributed by atoms with Crippen LogP contribution in [0.3, 0.4) is 0 Å².